The molecule has 0 aliphatic heterocycles. The molecule has 0 heterocycles. The van der Waals surface area contributed by atoms with Crippen LogP contribution in [0.2, 0.25) is 0 Å². The van der Waals surface area contributed by atoms with Gasteiger partial charge in [0.2, 0.25) is 0 Å². The summed E-state index contributed by atoms with van der Waals surface area (Å²) in [6.45, 7) is 6.53. The zero-order chi connectivity index (χ0) is 41.5. The van der Waals surface area contributed by atoms with E-state index in [2.05, 4.69) is 57.2 Å². The molecule has 0 spiro atoms. The molecular weight excluding hydrogens is 709 g/mol. The van der Waals surface area contributed by atoms with Crippen LogP contribution in [0.3, 0.4) is 0 Å². The van der Waals surface area contributed by atoms with Crippen LogP contribution >= 0.6 is 0 Å². The minimum Gasteiger partial charge on any atom is -0.462 e. The molecule has 0 aromatic rings. The van der Waals surface area contributed by atoms with Crippen LogP contribution in [0.5, 0.6) is 0 Å². The molecular formula is C51H92O6. The molecule has 1 unspecified atom stereocenters. The second kappa shape index (κ2) is 46.3. The molecule has 0 saturated carbocycles. The van der Waals surface area contributed by atoms with Crippen molar-refractivity contribution in [2.75, 3.05) is 13.2 Å². The molecule has 1 atom stereocenters. The maximum absolute atomic E-state index is 12.7. The van der Waals surface area contributed by atoms with Gasteiger partial charge in [-0.3, -0.25) is 14.4 Å². The number of carbonyl (C=O) groups excluding carboxylic acids is 3. The van der Waals surface area contributed by atoms with Gasteiger partial charge in [0, 0.05) is 19.3 Å². The first-order valence-corrected chi connectivity index (χ1v) is 24.5. The van der Waals surface area contributed by atoms with Gasteiger partial charge in [-0.2, -0.15) is 0 Å². The van der Waals surface area contributed by atoms with Gasteiger partial charge < -0.3 is 14.2 Å². The van der Waals surface area contributed by atoms with Crippen LogP contribution in [0.4, 0.5) is 0 Å². The fraction of sp³-hybridized carbons (Fsp3) is 0.824. The SMILES string of the molecule is CCCCC/C=C\C/C=C\C/C=C\CCCCCCCCC(=O)OCC(COC(=O)CCCCCCC)OC(=O)CCCCCCCCCCCCCCCCC. The van der Waals surface area contributed by atoms with E-state index in [1.807, 2.05) is 0 Å². The summed E-state index contributed by atoms with van der Waals surface area (Å²) < 4.78 is 16.6. The van der Waals surface area contributed by atoms with Crippen LogP contribution < -0.4 is 0 Å². The molecule has 0 aromatic heterocycles. The van der Waals surface area contributed by atoms with Crippen LogP contribution in [0.15, 0.2) is 36.5 Å². The highest BCUT2D eigenvalue weighted by Gasteiger charge is 2.19. The lowest BCUT2D eigenvalue weighted by Gasteiger charge is -2.18. The highest BCUT2D eigenvalue weighted by Crippen LogP contribution is 2.15. The molecule has 57 heavy (non-hydrogen) atoms. The third-order valence-electron chi connectivity index (χ3n) is 10.6. The molecule has 0 aromatic carbocycles. The minimum atomic E-state index is -0.769. The third-order valence-corrected chi connectivity index (χ3v) is 10.6. The summed E-state index contributed by atoms with van der Waals surface area (Å²) >= 11 is 0. The van der Waals surface area contributed by atoms with E-state index in [4.69, 9.17) is 14.2 Å². The Hall–Kier alpha value is -2.37. The van der Waals surface area contributed by atoms with Crippen LogP contribution in [-0.2, 0) is 28.6 Å². The van der Waals surface area contributed by atoms with Crippen LogP contribution in [-0.4, -0.2) is 37.2 Å². The zero-order valence-electron chi connectivity index (χ0n) is 37.9. The minimum absolute atomic E-state index is 0.0750. The van der Waals surface area contributed by atoms with E-state index >= 15 is 0 Å². The normalized spacial score (nSPS) is 12.3. The van der Waals surface area contributed by atoms with Gasteiger partial charge in [-0.15, -0.1) is 0 Å². The molecule has 332 valence electrons. The molecule has 6 nitrogen and oxygen atoms in total. The van der Waals surface area contributed by atoms with Crippen molar-refractivity contribution < 1.29 is 28.6 Å². The van der Waals surface area contributed by atoms with E-state index in [-0.39, 0.29) is 31.1 Å². The molecule has 0 saturated heterocycles. The number of ether oxygens (including phenoxy) is 3. The number of rotatable bonds is 44. The fourth-order valence-electron chi connectivity index (χ4n) is 6.92. The fourth-order valence-corrected chi connectivity index (χ4v) is 6.92. The van der Waals surface area contributed by atoms with Crippen molar-refractivity contribution in [3.05, 3.63) is 36.5 Å². The number of esters is 3. The summed E-state index contributed by atoms with van der Waals surface area (Å²) in [7, 11) is 0. The average molecular weight is 801 g/mol. The van der Waals surface area contributed by atoms with E-state index in [0.29, 0.717) is 19.3 Å². The highest BCUT2D eigenvalue weighted by molar-refractivity contribution is 5.71. The summed E-state index contributed by atoms with van der Waals surface area (Å²) in [5.41, 5.74) is 0. The summed E-state index contributed by atoms with van der Waals surface area (Å²) in [6.07, 6.45) is 53.0. The number of allylic oxidation sites excluding steroid dienone is 6. The van der Waals surface area contributed by atoms with E-state index in [0.717, 1.165) is 83.5 Å². The van der Waals surface area contributed by atoms with Gasteiger partial charge in [-0.1, -0.05) is 211 Å². The first kappa shape index (κ1) is 54.6. The maximum atomic E-state index is 12.7. The van der Waals surface area contributed by atoms with Crippen molar-refractivity contribution >= 4 is 17.9 Å². The molecule has 0 amide bonds. The molecule has 0 radical (unpaired) electrons. The third kappa shape index (κ3) is 44.6. The largest absolute Gasteiger partial charge is 0.462 e. The van der Waals surface area contributed by atoms with Gasteiger partial charge in [-0.05, 0) is 57.8 Å². The first-order valence-electron chi connectivity index (χ1n) is 24.5. The number of carbonyl (C=O) groups is 3. The Morgan fingerprint density at radius 2 is 0.632 bits per heavy atom. The van der Waals surface area contributed by atoms with Gasteiger partial charge in [0.25, 0.3) is 0 Å². The van der Waals surface area contributed by atoms with Gasteiger partial charge in [0.1, 0.15) is 13.2 Å². The van der Waals surface area contributed by atoms with Crippen molar-refractivity contribution in [1.29, 1.82) is 0 Å². The smallest absolute Gasteiger partial charge is 0.306 e. The van der Waals surface area contributed by atoms with E-state index in [1.54, 1.807) is 0 Å². The van der Waals surface area contributed by atoms with Crippen molar-refractivity contribution in [1.82, 2.24) is 0 Å². The van der Waals surface area contributed by atoms with Gasteiger partial charge in [0.15, 0.2) is 6.10 Å². The van der Waals surface area contributed by atoms with Gasteiger partial charge in [0.05, 0.1) is 0 Å². The summed E-state index contributed by atoms with van der Waals surface area (Å²) in [4.78, 5) is 37.6. The monoisotopic (exact) mass is 801 g/mol. The van der Waals surface area contributed by atoms with E-state index in [1.165, 1.54) is 128 Å². The Labute approximate surface area is 353 Å². The second-order valence-electron chi connectivity index (χ2n) is 16.4. The maximum Gasteiger partial charge on any atom is 0.306 e. The predicted molar refractivity (Wildman–Crippen MR) is 242 cm³/mol. The molecule has 0 bridgehead atoms. The van der Waals surface area contributed by atoms with Gasteiger partial charge in [-0.25, -0.2) is 0 Å². The Bertz CT molecular complexity index is 969. The molecule has 6 heteroatoms. The predicted octanol–water partition coefficient (Wildman–Crippen LogP) is 15.8. The summed E-state index contributed by atoms with van der Waals surface area (Å²) in [5.74, 6) is -0.894. The summed E-state index contributed by atoms with van der Waals surface area (Å²) in [6, 6.07) is 0. The molecule has 0 aliphatic rings. The van der Waals surface area contributed by atoms with Crippen molar-refractivity contribution in [3.8, 4) is 0 Å². The first-order chi connectivity index (χ1) is 28.0. The second-order valence-corrected chi connectivity index (χ2v) is 16.4. The molecule has 0 fully saturated rings. The molecule has 0 rings (SSSR count). The zero-order valence-corrected chi connectivity index (χ0v) is 37.9. The quantitative estimate of drug-likeness (QED) is 0.0264. The van der Waals surface area contributed by atoms with Crippen molar-refractivity contribution in [2.24, 2.45) is 0 Å². The number of hydrogen-bond donors (Lipinski definition) is 0. The Morgan fingerprint density at radius 3 is 1.02 bits per heavy atom. The Balaban J connectivity index is 4.19. The highest BCUT2D eigenvalue weighted by atomic mass is 16.6. The van der Waals surface area contributed by atoms with Crippen LogP contribution in [0.25, 0.3) is 0 Å². The lowest BCUT2D eigenvalue weighted by Crippen LogP contribution is -2.30. The van der Waals surface area contributed by atoms with Gasteiger partial charge >= 0.3 is 17.9 Å². The molecule has 0 aliphatic carbocycles. The Kier molecular flexibility index (Phi) is 44.4. The number of unbranched alkanes of at least 4 members (excludes halogenated alkanes) is 27. The van der Waals surface area contributed by atoms with Crippen molar-refractivity contribution in [2.45, 2.75) is 258 Å². The number of hydrogen-bond acceptors (Lipinski definition) is 6. The van der Waals surface area contributed by atoms with Crippen LogP contribution in [0.1, 0.15) is 252 Å². The summed E-state index contributed by atoms with van der Waals surface area (Å²) in [5, 5.41) is 0. The standard InChI is InChI=1S/C51H92O6/c1-4-7-10-13-15-17-19-21-23-24-25-26-28-29-31-33-35-38-41-44-50(53)56-47-48(46-55-49(52)43-40-37-12-9-6-3)57-51(54)45-42-39-36-34-32-30-27-22-20-18-16-14-11-8-5-2/h15,17,21,23,25-26,48H,4-14,16,18-20,22,24,27-47H2,1-3H3/b17-15-,23-21-,26-25-. The Morgan fingerprint density at radius 1 is 0.351 bits per heavy atom. The topological polar surface area (TPSA) is 78.9 Å². The van der Waals surface area contributed by atoms with Crippen molar-refractivity contribution in [3.63, 3.8) is 0 Å². The molecule has 0 N–H and O–H groups in total. The van der Waals surface area contributed by atoms with E-state index < -0.39 is 6.10 Å². The van der Waals surface area contributed by atoms with E-state index in [9.17, 15) is 14.4 Å². The lowest BCUT2D eigenvalue weighted by molar-refractivity contribution is -0.167. The van der Waals surface area contributed by atoms with Crippen LogP contribution in [0, 0.1) is 0 Å². The lowest BCUT2D eigenvalue weighted by atomic mass is 10.0. The average Bonchev–Trinajstić information content (AvgIpc) is 3.21.